The van der Waals surface area contributed by atoms with Crippen LogP contribution in [0.2, 0.25) is 0 Å². The van der Waals surface area contributed by atoms with Crippen molar-refractivity contribution in [1.29, 1.82) is 0 Å². The topological polar surface area (TPSA) is 49.9 Å². The van der Waals surface area contributed by atoms with E-state index < -0.39 is 5.97 Å². The van der Waals surface area contributed by atoms with Crippen molar-refractivity contribution in [1.82, 2.24) is 9.80 Å². The van der Waals surface area contributed by atoms with Gasteiger partial charge in [-0.15, -0.1) is 0 Å². The van der Waals surface area contributed by atoms with Gasteiger partial charge in [-0.3, -0.25) is 9.69 Å². The van der Waals surface area contributed by atoms with Crippen molar-refractivity contribution in [3.05, 3.63) is 35.4 Å². The minimum Gasteiger partial charge on any atom is -0.465 e. The Bertz CT molecular complexity index is 581. The average Bonchev–Trinajstić information content (AvgIpc) is 3.15. The molecule has 2 fully saturated rings. The van der Waals surface area contributed by atoms with E-state index in [1.165, 1.54) is 26.4 Å². The third kappa shape index (κ3) is 3.55. The first kappa shape index (κ1) is 16.0. The Hall–Kier alpha value is -1.88. The van der Waals surface area contributed by atoms with Crippen LogP contribution in [0.5, 0.6) is 0 Å². The number of rotatable bonds is 3. The second-order valence-corrected chi connectivity index (χ2v) is 6.36. The molecule has 1 amide bonds. The lowest BCUT2D eigenvalue weighted by molar-refractivity contribution is 0.0600. The zero-order valence-electron chi connectivity index (χ0n) is 13.7. The van der Waals surface area contributed by atoms with Gasteiger partial charge in [0.15, 0.2) is 0 Å². The number of likely N-dealkylation sites (tertiary alicyclic amines) is 2. The Morgan fingerprint density at radius 2 is 1.83 bits per heavy atom. The third-order valence-electron chi connectivity index (χ3n) is 4.87. The first-order chi connectivity index (χ1) is 11.2. The number of nitrogens with zero attached hydrogens (tertiary/aromatic N) is 2. The van der Waals surface area contributed by atoms with Gasteiger partial charge in [0.1, 0.15) is 0 Å². The van der Waals surface area contributed by atoms with Crippen molar-refractivity contribution in [2.45, 2.75) is 31.7 Å². The summed E-state index contributed by atoms with van der Waals surface area (Å²) in [4.78, 5) is 28.9. The lowest BCUT2D eigenvalue weighted by Crippen LogP contribution is -2.49. The minimum atomic E-state index is -0.409. The van der Waals surface area contributed by atoms with Crippen LogP contribution in [-0.4, -0.2) is 61.0 Å². The SMILES string of the molecule is COC(=O)c1cccc(C(=O)N2CCCC(N3CCCC3)C2)c1. The molecule has 0 saturated carbocycles. The van der Waals surface area contributed by atoms with E-state index in [2.05, 4.69) is 4.90 Å². The molecule has 0 aromatic heterocycles. The smallest absolute Gasteiger partial charge is 0.337 e. The molecule has 0 N–H and O–H groups in total. The summed E-state index contributed by atoms with van der Waals surface area (Å²) in [6.07, 6.45) is 4.76. The van der Waals surface area contributed by atoms with Crippen molar-refractivity contribution >= 4 is 11.9 Å². The van der Waals surface area contributed by atoms with Crippen LogP contribution in [0.1, 0.15) is 46.4 Å². The molecule has 0 spiro atoms. The monoisotopic (exact) mass is 316 g/mol. The molecule has 2 aliphatic heterocycles. The molecule has 5 heteroatoms. The number of ether oxygens (including phenoxy) is 1. The molecule has 2 aliphatic rings. The van der Waals surface area contributed by atoms with E-state index in [4.69, 9.17) is 4.74 Å². The number of methoxy groups -OCH3 is 1. The van der Waals surface area contributed by atoms with Crippen LogP contribution in [0.4, 0.5) is 0 Å². The summed E-state index contributed by atoms with van der Waals surface area (Å²) in [6, 6.07) is 7.30. The van der Waals surface area contributed by atoms with Crippen molar-refractivity contribution in [3.63, 3.8) is 0 Å². The Kier molecular flexibility index (Phi) is 4.96. The fourth-order valence-corrected chi connectivity index (χ4v) is 3.62. The van der Waals surface area contributed by atoms with Gasteiger partial charge in [0, 0.05) is 24.7 Å². The fourth-order valence-electron chi connectivity index (χ4n) is 3.62. The van der Waals surface area contributed by atoms with Gasteiger partial charge >= 0.3 is 5.97 Å². The molecule has 2 saturated heterocycles. The first-order valence-corrected chi connectivity index (χ1v) is 8.41. The molecular formula is C18H24N2O3. The van der Waals surface area contributed by atoms with Crippen LogP contribution in [-0.2, 0) is 4.74 Å². The third-order valence-corrected chi connectivity index (χ3v) is 4.87. The average molecular weight is 316 g/mol. The minimum absolute atomic E-state index is 0.0136. The number of carbonyl (C=O) groups is 2. The van der Waals surface area contributed by atoms with Gasteiger partial charge in [-0.1, -0.05) is 6.07 Å². The van der Waals surface area contributed by atoms with Crippen LogP contribution < -0.4 is 0 Å². The molecule has 3 rings (SSSR count). The van der Waals surface area contributed by atoms with E-state index in [-0.39, 0.29) is 5.91 Å². The highest BCUT2D eigenvalue weighted by atomic mass is 16.5. The Morgan fingerprint density at radius 3 is 2.57 bits per heavy atom. The maximum atomic E-state index is 12.8. The van der Waals surface area contributed by atoms with Gasteiger partial charge in [0.2, 0.25) is 0 Å². The van der Waals surface area contributed by atoms with E-state index in [0.29, 0.717) is 17.2 Å². The second kappa shape index (κ2) is 7.13. The molecule has 23 heavy (non-hydrogen) atoms. The molecule has 1 aromatic rings. The fraction of sp³-hybridized carbons (Fsp3) is 0.556. The lowest BCUT2D eigenvalue weighted by atomic mass is 10.0. The molecule has 0 radical (unpaired) electrons. The summed E-state index contributed by atoms with van der Waals surface area (Å²) >= 11 is 0. The summed E-state index contributed by atoms with van der Waals surface area (Å²) in [5, 5.41) is 0. The van der Waals surface area contributed by atoms with E-state index in [9.17, 15) is 9.59 Å². The lowest BCUT2D eigenvalue weighted by Gasteiger charge is -2.37. The summed E-state index contributed by atoms with van der Waals surface area (Å²) < 4.78 is 4.73. The summed E-state index contributed by atoms with van der Waals surface area (Å²) in [6.45, 7) is 3.90. The molecule has 1 atom stereocenters. The number of amides is 1. The predicted octanol–water partition coefficient (Wildman–Crippen LogP) is 2.17. The van der Waals surface area contributed by atoms with Crippen LogP contribution >= 0.6 is 0 Å². The first-order valence-electron chi connectivity index (χ1n) is 8.41. The standard InChI is InChI=1S/C18H24N2O3/c1-23-18(22)15-7-4-6-14(12-15)17(21)20-11-5-8-16(13-20)19-9-2-3-10-19/h4,6-7,12,16H,2-3,5,8-11,13H2,1H3. The molecule has 1 aromatic carbocycles. The number of hydrogen-bond donors (Lipinski definition) is 0. The van der Waals surface area contributed by atoms with Gasteiger partial charge in [-0.05, 0) is 57.0 Å². The van der Waals surface area contributed by atoms with Gasteiger partial charge in [-0.2, -0.15) is 0 Å². The van der Waals surface area contributed by atoms with Crippen LogP contribution in [0.25, 0.3) is 0 Å². The zero-order chi connectivity index (χ0) is 16.2. The Morgan fingerprint density at radius 1 is 1.09 bits per heavy atom. The summed E-state index contributed by atoms with van der Waals surface area (Å²) in [5.41, 5.74) is 0.987. The number of benzene rings is 1. The number of hydrogen-bond acceptors (Lipinski definition) is 4. The normalized spacial score (nSPS) is 22.1. The highest BCUT2D eigenvalue weighted by Crippen LogP contribution is 2.22. The van der Waals surface area contributed by atoms with Crippen LogP contribution in [0.15, 0.2) is 24.3 Å². The quantitative estimate of drug-likeness (QED) is 0.802. The maximum Gasteiger partial charge on any atom is 0.337 e. The van der Waals surface area contributed by atoms with Gasteiger partial charge < -0.3 is 9.64 Å². The van der Waals surface area contributed by atoms with Gasteiger partial charge in [0.25, 0.3) is 5.91 Å². The zero-order valence-corrected chi connectivity index (χ0v) is 13.7. The molecule has 124 valence electrons. The van der Waals surface area contributed by atoms with Crippen LogP contribution in [0, 0.1) is 0 Å². The second-order valence-electron chi connectivity index (χ2n) is 6.36. The van der Waals surface area contributed by atoms with Crippen molar-refractivity contribution in [3.8, 4) is 0 Å². The number of piperidine rings is 1. The maximum absolute atomic E-state index is 12.8. The molecule has 5 nitrogen and oxygen atoms in total. The highest BCUT2D eigenvalue weighted by Gasteiger charge is 2.29. The predicted molar refractivity (Wildman–Crippen MR) is 87.5 cm³/mol. The Balaban J connectivity index is 1.70. The molecular weight excluding hydrogens is 292 g/mol. The van der Waals surface area contributed by atoms with Crippen LogP contribution in [0.3, 0.4) is 0 Å². The molecule has 0 bridgehead atoms. The van der Waals surface area contributed by atoms with E-state index in [1.807, 2.05) is 4.90 Å². The van der Waals surface area contributed by atoms with Gasteiger partial charge in [-0.25, -0.2) is 4.79 Å². The van der Waals surface area contributed by atoms with Crippen molar-refractivity contribution < 1.29 is 14.3 Å². The molecule has 2 heterocycles. The number of esters is 1. The largest absolute Gasteiger partial charge is 0.465 e. The van der Waals surface area contributed by atoms with E-state index >= 15 is 0 Å². The van der Waals surface area contributed by atoms with Crippen molar-refractivity contribution in [2.24, 2.45) is 0 Å². The Labute approximate surface area is 137 Å². The summed E-state index contributed by atoms with van der Waals surface area (Å²) in [5.74, 6) is -0.395. The van der Waals surface area contributed by atoms with E-state index in [1.54, 1.807) is 24.3 Å². The van der Waals surface area contributed by atoms with Crippen molar-refractivity contribution in [2.75, 3.05) is 33.3 Å². The number of carbonyl (C=O) groups excluding carboxylic acids is 2. The summed E-state index contributed by atoms with van der Waals surface area (Å²) in [7, 11) is 1.35. The van der Waals surface area contributed by atoms with E-state index in [0.717, 1.165) is 32.6 Å². The molecule has 0 aliphatic carbocycles. The highest BCUT2D eigenvalue weighted by molar-refractivity contribution is 5.98. The van der Waals surface area contributed by atoms with Gasteiger partial charge in [0.05, 0.1) is 12.7 Å². The molecule has 1 unspecified atom stereocenters.